The van der Waals surface area contributed by atoms with Crippen molar-refractivity contribution in [1.29, 1.82) is 0 Å². The van der Waals surface area contributed by atoms with Gasteiger partial charge in [0.2, 0.25) is 5.91 Å². The van der Waals surface area contributed by atoms with Crippen LogP contribution < -0.4 is 10.9 Å². The summed E-state index contributed by atoms with van der Waals surface area (Å²) in [6.07, 6.45) is 0.0143. The summed E-state index contributed by atoms with van der Waals surface area (Å²) in [5.74, 6) is -0.000786. The zero-order valence-corrected chi connectivity index (χ0v) is 14.1. The van der Waals surface area contributed by atoms with Gasteiger partial charge in [-0.2, -0.15) is 0 Å². The van der Waals surface area contributed by atoms with Crippen LogP contribution in [0.25, 0.3) is 0 Å². The molecule has 2 N–H and O–H groups in total. The minimum atomic E-state index is -0.468. The molecule has 0 aliphatic carbocycles. The zero-order chi connectivity index (χ0) is 17.0. The number of thiophene rings is 1. The molecule has 0 aliphatic rings. The molecular weight excluding hydrogens is 340 g/mol. The Bertz CT molecular complexity index is 750. The molecule has 0 aromatic carbocycles. The number of halogens is 1. The van der Waals surface area contributed by atoms with E-state index in [1.165, 1.54) is 11.3 Å². The Balaban J connectivity index is 1.78. The number of hydrogen-bond donors (Lipinski definition) is 2. The standard InChI is InChI=1S/C15H15ClN2O4S/c1-8-7-10(9(2)22-8)15(21)18-17-14(20)6-3-11(19)12-4-5-13(16)23-12/h4-5,7H,3,6H2,1-2H3,(H,17,20)(H,18,21). The van der Waals surface area contributed by atoms with Crippen LogP contribution in [0.5, 0.6) is 0 Å². The minimum absolute atomic E-state index is 0.0297. The lowest BCUT2D eigenvalue weighted by molar-refractivity contribution is -0.121. The minimum Gasteiger partial charge on any atom is -0.466 e. The van der Waals surface area contributed by atoms with Gasteiger partial charge in [0.15, 0.2) is 5.78 Å². The maximum atomic E-state index is 11.9. The predicted octanol–water partition coefficient (Wildman–Crippen LogP) is 3.04. The van der Waals surface area contributed by atoms with Gasteiger partial charge in [-0.3, -0.25) is 25.2 Å². The number of furan rings is 1. The Morgan fingerprint density at radius 2 is 1.91 bits per heavy atom. The van der Waals surface area contributed by atoms with Gasteiger partial charge in [-0.15, -0.1) is 11.3 Å². The molecule has 0 atom stereocenters. The van der Waals surface area contributed by atoms with Gasteiger partial charge < -0.3 is 4.42 Å². The highest BCUT2D eigenvalue weighted by atomic mass is 35.5. The third-order valence-electron chi connectivity index (χ3n) is 3.03. The highest BCUT2D eigenvalue weighted by Crippen LogP contribution is 2.22. The third kappa shape index (κ3) is 4.67. The molecular formula is C15H15ClN2O4S. The van der Waals surface area contributed by atoms with Crippen LogP contribution in [0.2, 0.25) is 4.34 Å². The van der Waals surface area contributed by atoms with E-state index in [-0.39, 0.29) is 18.6 Å². The van der Waals surface area contributed by atoms with Gasteiger partial charge in [0.25, 0.3) is 5.91 Å². The predicted molar refractivity (Wildman–Crippen MR) is 86.7 cm³/mol. The van der Waals surface area contributed by atoms with E-state index in [1.54, 1.807) is 32.0 Å². The van der Waals surface area contributed by atoms with Crippen LogP contribution in [0.15, 0.2) is 22.6 Å². The third-order valence-corrected chi connectivity index (χ3v) is 4.30. The summed E-state index contributed by atoms with van der Waals surface area (Å²) in [6.45, 7) is 3.39. The van der Waals surface area contributed by atoms with Crippen molar-refractivity contribution >= 4 is 40.5 Å². The molecule has 23 heavy (non-hydrogen) atoms. The number of carbonyl (C=O) groups excluding carboxylic acids is 3. The monoisotopic (exact) mass is 354 g/mol. The largest absolute Gasteiger partial charge is 0.466 e. The second-order valence-corrected chi connectivity index (χ2v) is 6.57. The number of carbonyl (C=O) groups is 3. The van der Waals surface area contributed by atoms with Crippen molar-refractivity contribution in [2.24, 2.45) is 0 Å². The van der Waals surface area contributed by atoms with Gasteiger partial charge in [-0.05, 0) is 32.0 Å². The van der Waals surface area contributed by atoms with E-state index in [0.717, 1.165) is 0 Å². The van der Waals surface area contributed by atoms with Crippen molar-refractivity contribution in [2.75, 3.05) is 0 Å². The summed E-state index contributed by atoms with van der Waals surface area (Å²) in [7, 11) is 0. The molecule has 0 spiro atoms. The van der Waals surface area contributed by atoms with Crippen LogP contribution in [-0.4, -0.2) is 17.6 Å². The van der Waals surface area contributed by atoms with Gasteiger partial charge in [-0.25, -0.2) is 0 Å². The van der Waals surface area contributed by atoms with Crippen molar-refractivity contribution < 1.29 is 18.8 Å². The molecule has 2 heterocycles. The number of hydrazine groups is 1. The number of rotatable bonds is 5. The first-order chi connectivity index (χ1) is 10.9. The molecule has 0 bridgehead atoms. The van der Waals surface area contributed by atoms with E-state index >= 15 is 0 Å². The fourth-order valence-electron chi connectivity index (χ4n) is 1.93. The smallest absolute Gasteiger partial charge is 0.273 e. The van der Waals surface area contributed by atoms with E-state index < -0.39 is 11.8 Å². The Kier molecular flexibility index (Phi) is 5.57. The van der Waals surface area contributed by atoms with Gasteiger partial charge >= 0.3 is 0 Å². The molecule has 8 heteroatoms. The molecule has 0 saturated carbocycles. The number of aryl methyl sites for hydroxylation is 2. The Morgan fingerprint density at radius 1 is 1.17 bits per heavy atom. The second-order valence-electron chi connectivity index (χ2n) is 4.86. The molecule has 2 aromatic rings. The van der Waals surface area contributed by atoms with Crippen molar-refractivity contribution in [3.63, 3.8) is 0 Å². The van der Waals surface area contributed by atoms with Crippen molar-refractivity contribution in [2.45, 2.75) is 26.7 Å². The number of ketones is 1. The molecule has 0 unspecified atom stereocenters. The summed E-state index contributed by atoms with van der Waals surface area (Å²) in [5, 5.41) is 0. The SMILES string of the molecule is Cc1cc(C(=O)NNC(=O)CCC(=O)c2ccc(Cl)s2)c(C)o1. The summed E-state index contributed by atoms with van der Waals surface area (Å²) >= 11 is 6.93. The Labute approximate surface area is 141 Å². The van der Waals surface area contributed by atoms with Crippen molar-refractivity contribution in [1.82, 2.24) is 10.9 Å². The molecule has 0 fully saturated rings. The number of hydrogen-bond acceptors (Lipinski definition) is 5. The molecule has 0 aliphatic heterocycles. The van der Waals surface area contributed by atoms with Crippen LogP contribution in [-0.2, 0) is 4.79 Å². The first-order valence-electron chi connectivity index (χ1n) is 6.81. The molecule has 0 saturated heterocycles. The first-order valence-corrected chi connectivity index (χ1v) is 8.01. The molecule has 2 amide bonds. The lowest BCUT2D eigenvalue weighted by Crippen LogP contribution is -2.41. The average Bonchev–Trinajstić information content (AvgIpc) is 3.07. The highest BCUT2D eigenvalue weighted by molar-refractivity contribution is 7.18. The molecule has 2 rings (SSSR count). The topological polar surface area (TPSA) is 88.4 Å². The molecule has 2 aromatic heterocycles. The van der Waals surface area contributed by atoms with E-state index in [0.29, 0.717) is 26.3 Å². The first kappa shape index (κ1) is 17.2. The zero-order valence-electron chi connectivity index (χ0n) is 12.6. The summed E-state index contributed by atoms with van der Waals surface area (Å²) in [4.78, 5) is 35.9. The van der Waals surface area contributed by atoms with Crippen LogP contribution in [0, 0.1) is 13.8 Å². The normalized spacial score (nSPS) is 10.4. The van der Waals surface area contributed by atoms with Crippen LogP contribution in [0.4, 0.5) is 0 Å². The number of nitrogens with one attached hydrogen (secondary N) is 2. The van der Waals surface area contributed by atoms with Crippen LogP contribution in [0.3, 0.4) is 0 Å². The number of Topliss-reactive ketones (excluding diaryl/α,β-unsaturated/α-hetero) is 1. The van der Waals surface area contributed by atoms with Gasteiger partial charge in [-0.1, -0.05) is 11.6 Å². The summed E-state index contributed by atoms with van der Waals surface area (Å²) in [5.41, 5.74) is 4.92. The Morgan fingerprint density at radius 3 is 2.48 bits per heavy atom. The number of amides is 2. The van der Waals surface area contributed by atoms with E-state index in [9.17, 15) is 14.4 Å². The van der Waals surface area contributed by atoms with Crippen LogP contribution in [0.1, 0.15) is 44.4 Å². The van der Waals surface area contributed by atoms with Crippen molar-refractivity contribution in [3.05, 3.63) is 44.5 Å². The maximum absolute atomic E-state index is 11.9. The van der Waals surface area contributed by atoms with E-state index in [2.05, 4.69) is 10.9 Å². The Hall–Kier alpha value is -2.12. The van der Waals surface area contributed by atoms with Crippen LogP contribution >= 0.6 is 22.9 Å². The highest BCUT2D eigenvalue weighted by Gasteiger charge is 2.15. The van der Waals surface area contributed by atoms with Crippen molar-refractivity contribution in [3.8, 4) is 0 Å². The van der Waals surface area contributed by atoms with Gasteiger partial charge in [0, 0.05) is 12.8 Å². The average molecular weight is 355 g/mol. The summed E-state index contributed by atoms with van der Waals surface area (Å²) < 4.78 is 5.77. The lowest BCUT2D eigenvalue weighted by atomic mass is 10.2. The van der Waals surface area contributed by atoms with Gasteiger partial charge in [0.05, 0.1) is 14.8 Å². The summed E-state index contributed by atoms with van der Waals surface area (Å²) in [6, 6.07) is 4.84. The molecule has 6 nitrogen and oxygen atoms in total. The maximum Gasteiger partial charge on any atom is 0.273 e. The van der Waals surface area contributed by atoms with Gasteiger partial charge in [0.1, 0.15) is 11.5 Å². The quantitative estimate of drug-likeness (QED) is 0.638. The fourth-order valence-corrected chi connectivity index (χ4v) is 2.94. The molecule has 122 valence electrons. The lowest BCUT2D eigenvalue weighted by Gasteiger charge is -2.06. The molecule has 0 radical (unpaired) electrons. The fraction of sp³-hybridized carbons (Fsp3) is 0.267. The van der Waals surface area contributed by atoms with E-state index in [1.807, 2.05) is 0 Å². The second kappa shape index (κ2) is 7.43. The van der Waals surface area contributed by atoms with E-state index in [4.69, 9.17) is 16.0 Å².